The van der Waals surface area contributed by atoms with Crippen LogP contribution in [0.3, 0.4) is 0 Å². The van der Waals surface area contributed by atoms with Crippen molar-refractivity contribution in [2.45, 2.75) is 19.8 Å². The van der Waals surface area contributed by atoms with Gasteiger partial charge in [0.15, 0.2) is 11.6 Å². The predicted octanol–water partition coefficient (Wildman–Crippen LogP) is 4.94. The van der Waals surface area contributed by atoms with E-state index in [9.17, 15) is 4.39 Å². The van der Waals surface area contributed by atoms with E-state index in [1.807, 2.05) is 30.5 Å². The first-order valence-electron chi connectivity index (χ1n) is 8.62. The van der Waals surface area contributed by atoms with Gasteiger partial charge in [0, 0.05) is 18.0 Å². The lowest BCUT2D eigenvalue weighted by atomic mass is 10.1. The summed E-state index contributed by atoms with van der Waals surface area (Å²) in [4.78, 5) is 6.94. The van der Waals surface area contributed by atoms with Crippen molar-refractivity contribution in [1.82, 2.24) is 9.38 Å². The van der Waals surface area contributed by atoms with Crippen molar-refractivity contribution >= 4 is 28.8 Å². The van der Waals surface area contributed by atoms with Crippen LogP contribution in [0.5, 0.6) is 5.75 Å². The summed E-state index contributed by atoms with van der Waals surface area (Å²) < 4.78 is 21.4. The SMILES string of the molecule is CCCc1nc2ccccn2c1C1=CSCN1c1ccc(OC)c(F)c1. The Labute approximate surface area is 156 Å². The van der Waals surface area contributed by atoms with Crippen molar-refractivity contribution in [3.8, 4) is 5.75 Å². The van der Waals surface area contributed by atoms with E-state index in [-0.39, 0.29) is 11.6 Å². The van der Waals surface area contributed by atoms with Gasteiger partial charge < -0.3 is 9.64 Å². The van der Waals surface area contributed by atoms with Crippen LogP contribution in [0.1, 0.15) is 24.7 Å². The molecule has 3 heterocycles. The number of rotatable bonds is 5. The molecular formula is C20H20FN3OS. The Morgan fingerprint density at radius 1 is 1.27 bits per heavy atom. The van der Waals surface area contributed by atoms with Gasteiger partial charge in [-0.05, 0) is 36.1 Å². The molecule has 0 unspecified atom stereocenters. The zero-order chi connectivity index (χ0) is 18.1. The molecule has 0 aliphatic carbocycles. The quantitative estimate of drug-likeness (QED) is 0.637. The van der Waals surface area contributed by atoms with Crippen molar-refractivity contribution < 1.29 is 9.13 Å². The molecule has 0 spiro atoms. The number of benzene rings is 1. The Kier molecular flexibility index (Phi) is 4.59. The van der Waals surface area contributed by atoms with Crippen LogP contribution in [0.4, 0.5) is 10.1 Å². The summed E-state index contributed by atoms with van der Waals surface area (Å²) >= 11 is 1.70. The summed E-state index contributed by atoms with van der Waals surface area (Å²) in [5, 5.41) is 2.14. The molecule has 6 heteroatoms. The minimum absolute atomic E-state index is 0.257. The highest BCUT2D eigenvalue weighted by atomic mass is 32.2. The largest absolute Gasteiger partial charge is 0.494 e. The number of fused-ring (bicyclic) bond motifs is 1. The fourth-order valence-corrected chi connectivity index (χ4v) is 4.18. The van der Waals surface area contributed by atoms with Gasteiger partial charge in [-0.25, -0.2) is 9.37 Å². The summed E-state index contributed by atoms with van der Waals surface area (Å²) in [6.07, 6.45) is 3.96. The number of nitrogens with zero attached hydrogens (tertiary/aromatic N) is 3. The number of thioether (sulfide) groups is 1. The molecule has 4 rings (SSSR count). The molecule has 2 aromatic heterocycles. The number of aryl methyl sites for hydroxylation is 1. The summed E-state index contributed by atoms with van der Waals surface area (Å²) in [6.45, 7) is 2.15. The minimum Gasteiger partial charge on any atom is -0.494 e. The van der Waals surface area contributed by atoms with Crippen LogP contribution in [-0.2, 0) is 6.42 Å². The van der Waals surface area contributed by atoms with Crippen LogP contribution in [-0.4, -0.2) is 22.4 Å². The number of ether oxygens (including phenoxy) is 1. The summed E-state index contributed by atoms with van der Waals surface area (Å²) in [5.41, 5.74) is 4.97. The van der Waals surface area contributed by atoms with Gasteiger partial charge in [-0.3, -0.25) is 4.40 Å². The van der Waals surface area contributed by atoms with Crippen molar-refractivity contribution in [1.29, 1.82) is 0 Å². The van der Waals surface area contributed by atoms with Gasteiger partial charge in [-0.2, -0.15) is 0 Å². The molecule has 4 nitrogen and oxygen atoms in total. The first-order valence-corrected chi connectivity index (χ1v) is 9.67. The van der Waals surface area contributed by atoms with E-state index in [1.165, 1.54) is 13.2 Å². The number of pyridine rings is 1. The number of hydrogen-bond donors (Lipinski definition) is 0. The number of hydrogen-bond acceptors (Lipinski definition) is 4. The summed E-state index contributed by atoms with van der Waals surface area (Å²) in [5.74, 6) is 0.646. The molecular weight excluding hydrogens is 349 g/mol. The highest BCUT2D eigenvalue weighted by Gasteiger charge is 2.25. The molecule has 26 heavy (non-hydrogen) atoms. The van der Waals surface area contributed by atoms with E-state index in [4.69, 9.17) is 9.72 Å². The molecule has 0 saturated carbocycles. The summed E-state index contributed by atoms with van der Waals surface area (Å²) in [6, 6.07) is 11.1. The molecule has 134 valence electrons. The van der Waals surface area contributed by atoms with Crippen LogP contribution in [0.15, 0.2) is 48.0 Å². The van der Waals surface area contributed by atoms with E-state index >= 15 is 0 Å². The lowest BCUT2D eigenvalue weighted by Gasteiger charge is -2.23. The number of halogens is 1. The third-order valence-electron chi connectivity index (χ3n) is 4.47. The summed E-state index contributed by atoms with van der Waals surface area (Å²) in [7, 11) is 1.48. The molecule has 3 aromatic rings. The molecule has 0 N–H and O–H groups in total. The van der Waals surface area contributed by atoms with E-state index < -0.39 is 0 Å². The fourth-order valence-electron chi connectivity index (χ4n) is 3.27. The van der Waals surface area contributed by atoms with Gasteiger partial charge in [0.25, 0.3) is 0 Å². The van der Waals surface area contributed by atoms with Crippen molar-refractivity contribution in [3.63, 3.8) is 0 Å². The van der Waals surface area contributed by atoms with E-state index in [1.54, 1.807) is 17.8 Å². The van der Waals surface area contributed by atoms with Gasteiger partial charge >= 0.3 is 0 Å². The Balaban J connectivity index is 1.81. The Bertz CT molecular complexity index is 982. The number of anilines is 1. The molecule has 0 amide bonds. The third-order valence-corrected chi connectivity index (χ3v) is 5.27. The van der Waals surface area contributed by atoms with Crippen LogP contribution in [0.25, 0.3) is 11.3 Å². The van der Waals surface area contributed by atoms with Crippen molar-refractivity contribution in [3.05, 3.63) is 65.2 Å². The highest BCUT2D eigenvalue weighted by molar-refractivity contribution is 8.02. The van der Waals surface area contributed by atoms with E-state index in [0.29, 0.717) is 0 Å². The standard InChI is InChI=1S/C20H20FN3OS/c1-3-6-16-20(23-10-5-4-7-19(23)22-16)17-12-26-13-24(17)14-8-9-18(25-2)15(21)11-14/h4-5,7-12H,3,6,13H2,1-2H3. The second kappa shape index (κ2) is 7.03. The molecule has 0 bridgehead atoms. The zero-order valence-corrected chi connectivity index (χ0v) is 15.6. The Morgan fingerprint density at radius 2 is 2.15 bits per heavy atom. The van der Waals surface area contributed by atoms with E-state index in [0.717, 1.165) is 47.1 Å². The predicted molar refractivity (Wildman–Crippen MR) is 105 cm³/mol. The third kappa shape index (κ3) is 2.84. The number of methoxy groups -OCH3 is 1. The lowest BCUT2D eigenvalue weighted by Crippen LogP contribution is -2.19. The highest BCUT2D eigenvalue weighted by Crippen LogP contribution is 2.38. The molecule has 1 aliphatic heterocycles. The molecule has 1 aromatic carbocycles. The van der Waals surface area contributed by atoms with E-state index in [2.05, 4.69) is 21.6 Å². The average Bonchev–Trinajstić information content (AvgIpc) is 3.25. The fraction of sp³-hybridized carbons (Fsp3) is 0.250. The zero-order valence-electron chi connectivity index (χ0n) is 14.8. The average molecular weight is 369 g/mol. The molecule has 0 saturated heterocycles. The van der Waals surface area contributed by atoms with Gasteiger partial charge in [0.05, 0.1) is 30.1 Å². The normalized spacial score (nSPS) is 14.1. The first kappa shape index (κ1) is 17.0. The second-order valence-electron chi connectivity index (χ2n) is 6.13. The maximum absolute atomic E-state index is 14.2. The minimum atomic E-state index is -0.354. The van der Waals surface area contributed by atoms with Crippen LogP contribution >= 0.6 is 11.8 Å². The van der Waals surface area contributed by atoms with Gasteiger partial charge in [-0.15, -0.1) is 11.8 Å². The molecule has 0 atom stereocenters. The maximum atomic E-state index is 14.2. The topological polar surface area (TPSA) is 29.8 Å². The smallest absolute Gasteiger partial charge is 0.167 e. The van der Waals surface area contributed by atoms with Gasteiger partial charge in [-0.1, -0.05) is 19.4 Å². The first-order chi connectivity index (χ1) is 12.7. The molecule has 0 fully saturated rings. The number of aromatic nitrogens is 2. The maximum Gasteiger partial charge on any atom is 0.167 e. The second-order valence-corrected chi connectivity index (χ2v) is 6.96. The Hall–Kier alpha value is -2.47. The molecule has 0 radical (unpaired) electrons. The monoisotopic (exact) mass is 369 g/mol. The Morgan fingerprint density at radius 3 is 2.92 bits per heavy atom. The van der Waals surface area contributed by atoms with Crippen LogP contribution < -0.4 is 9.64 Å². The lowest BCUT2D eigenvalue weighted by molar-refractivity contribution is 0.386. The number of imidazole rings is 1. The van der Waals surface area contributed by atoms with Gasteiger partial charge in [0.2, 0.25) is 0 Å². The van der Waals surface area contributed by atoms with Gasteiger partial charge in [0.1, 0.15) is 5.65 Å². The van der Waals surface area contributed by atoms with Crippen molar-refractivity contribution in [2.24, 2.45) is 0 Å². The van der Waals surface area contributed by atoms with Crippen LogP contribution in [0, 0.1) is 5.82 Å². The van der Waals surface area contributed by atoms with Crippen molar-refractivity contribution in [2.75, 3.05) is 17.9 Å². The molecule has 1 aliphatic rings. The van der Waals surface area contributed by atoms with Crippen LogP contribution in [0.2, 0.25) is 0 Å².